The van der Waals surface area contributed by atoms with Gasteiger partial charge in [0, 0.05) is 0 Å². The summed E-state index contributed by atoms with van der Waals surface area (Å²) >= 11 is 0. The van der Waals surface area contributed by atoms with Crippen LogP contribution in [0.25, 0.3) is 0 Å². The molecule has 0 amide bonds. The molecule has 2 heteroatoms. The molecule has 0 spiro atoms. The van der Waals surface area contributed by atoms with Gasteiger partial charge in [0.15, 0.2) is 0 Å². The van der Waals surface area contributed by atoms with Crippen LogP contribution < -0.4 is 0 Å². The van der Waals surface area contributed by atoms with Crippen molar-refractivity contribution < 1.29 is 9.84 Å². The molecule has 0 aliphatic heterocycles. The highest BCUT2D eigenvalue weighted by molar-refractivity contribution is 5.07. The van der Waals surface area contributed by atoms with Gasteiger partial charge in [0.2, 0.25) is 0 Å². The zero-order valence-electron chi connectivity index (χ0n) is 9.67. The first-order chi connectivity index (χ1) is 7.13. The molecule has 4 aliphatic rings. The van der Waals surface area contributed by atoms with Crippen molar-refractivity contribution in [3.05, 3.63) is 0 Å². The largest absolute Gasteiger partial charge is 0.394 e. The van der Waals surface area contributed by atoms with Gasteiger partial charge in [0.1, 0.15) is 0 Å². The van der Waals surface area contributed by atoms with Crippen LogP contribution in [-0.4, -0.2) is 23.9 Å². The Bertz CT molecular complexity index is 247. The Hall–Kier alpha value is -0.0800. The first kappa shape index (κ1) is 10.1. The molecule has 0 saturated heterocycles. The Morgan fingerprint density at radius 1 is 1.20 bits per heavy atom. The summed E-state index contributed by atoms with van der Waals surface area (Å²) < 4.78 is 6.01. The minimum atomic E-state index is 0.154. The molecule has 2 unspecified atom stereocenters. The maximum absolute atomic E-state index is 8.91. The molecule has 0 aromatic heterocycles. The van der Waals surface area contributed by atoms with Crippen molar-refractivity contribution in [2.45, 2.75) is 51.0 Å². The van der Waals surface area contributed by atoms with Crippen LogP contribution in [0.3, 0.4) is 0 Å². The number of aliphatic hydroxyl groups excluding tert-OH is 1. The maximum atomic E-state index is 8.91. The summed E-state index contributed by atoms with van der Waals surface area (Å²) in [6.07, 6.45) is 8.06. The normalized spacial score (nSPS) is 52.4. The van der Waals surface area contributed by atoms with Gasteiger partial charge in [-0.05, 0) is 55.8 Å². The topological polar surface area (TPSA) is 29.5 Å². The lowest BCUT2D eigenvalue weighted by Crippen LogP contribution is -2.56. The van der Waals surface area contributed by atoms with Crippen LogP contribution in [0.15, 0.2) is 0 Å². The lowest BCUT2D eigenvalue weighted by atomic mass is 9.48. The van der Waals surface area contributed by atoms with Crippen molar-refractivity contribution in [2.24, 2.45) is 17.3 Å². The second-order valence-electron chi connectivity index (χ2n) is 6.53. The van der Waals surface area contributed by atoms with Gasteiger partial charge >= 0.3 is 0 Å². The monoisotopic (exact) mass is 210 g/mol. The standard InChI is InChI=1S/C13H22O2/c1-12-5-10-4-11(6-12)8-13(7-10,9-12)15-3-2-14/h10-11,14H,2-9H2,1H3. The minimum absolute atomic E-state index is 0.154. The third-order valence-electron chi connectivity index (χ3n) is 4.80. The summed E-state index contributed by atoms with van der Waals surface area (Å²) in [4.78, 5) is 0. The second-order valence-corrected chi connectivity index (χ2v) is 6.53. The van der Waals surface area contributed by atoms with Crippen molar-refractivity contribution >= 4 is 0 Å². The summed E-state index contributed by atoms with van der Waals surface area (Å²) in [5.41, 5.74) is 0.709. The molecule has 15 heavy (non-hydrogen) atoms. The summed E-state index contributed by atoms with van der Waals surface area (Å²) in [5.74, 6) is 1.82. The Morgan fingerprint density at radius 2 is 1.87 bits per heavy atom. The predicted octanol–water partition coefficient (Wildman–Crippen LogP) is 2.35. The van der Waals surface area contributed by atoms with Crippen LogP contribution in [0, 0.1) is 17.3 Å². The quantitative estimate of drug-likeness (QED) is 0.775. The Morgan fingerprint density at radius 3 is 2.40 bits per heavy atom. The molecule has 0 aromatic carbocycles. The molecule has 86 valence electrons. The van der Waals surface area contributed by atoms with Crippen molar-refractivity contribution in [1.29, 1.82) is 0 Å². The molecule has 2 nitrogen and oxygen atoms in total. The van der Waals surface area contributed by atoms with E-state index >= 15 is 0 Å². The maximum Gasteiger partial charge on any atom is 0.0705 e. The Balaban J connectivity index is 1.80. The van der Waals surface area contributed by atoms with Crippen molar-refractivity contribution in [2.75, 3.05) is 13.2 Å². The van der Waals surface area contributed by atoms with E-state index in [0.29, 0.717) is 12.0 Å². The molecule has 4 saturated carbocycles. The molecule has 0 aromatic rings. The Kier molecular flexibility index (Phi) is 2.16. The van der Waals surface area contributed by atoms with Crippen molar-refractivity contribution in [1.82, 2.24) is 0 Å². The van der Waals surface area contributed by atoms with E-state index < -0.39 is 0 Å². The summed E-state index contributed by atoms with van der Waals surface area (Å²) in [6, 6.07) is 0. The van der Waals surface area contributed by atoms with E-state index in [0.717, 1.165) is 11.8 Å². The number of hydrogen-bond donors (Lipinski definition) is 1. The van der Waals surface area contributed by atoms with Gasteiger partial charge in [-0.15, -0.1) is 0 Å². The zero-order chi connectivity index (χ0) is 10.5. The highest BCUT2D eigenvalue weighted by atomic mass is 16.5. The lowest BCUT2D eigenvalue weighted by Gasteiger charge is -2.60. The van der Waals surface area contributed by atoms with Gasteiger partial charge in [0.05, 0.1) is 18.8 Å². The van der Waals surface area contributed by atoms with E-state index in [1.54, 1.807) is 0 Å². The molecular formula is C13H22O2. The summed E-state index contributed by atoms with van der Waals surface area (Å²) in [6.45, 7) is 3.16. The van der Waals surface area contributed by atoms with Crippen LogP contribution in [0.4, 0.5) is 0 Å². The molecule has 4 aliphatic carbocycles. The average Bonchev–Trinajstić information content (AvgIpc) is 2.10. The SMILES string of the molecule is CC12CC3CC(C1)CC(OCCO)(C3)C2. The van der Waals surface area contributed by atoms with Crippen molar-refractivity contribution in [3.8, 4) is 0 Å². The van der Waals surface area contributed by atoms with Crippen LogP contribution >= 0.6 is 0 Å². The fraction of sp³-hybridized carbons (Fsp3) is 1.00. The van der Waals surface area contributed by atoms with Crippen LogP contribution in [0.5, 0.6) is 0 Å². The molecule has 4 fully saturated rings. The van der Waals surface area contributed by atoms with Gasteiger partial charge < -0.3 is 9.84 Å². The molecule has 0 heterocycles. The average molecular weight is 210 g/mol. The molecule has 4 bridgehead atoms. The van der Waals surface area contributed by atoms with Crippen molar-refractivity contribution in [3.63, 3.8) is 0 Å². The second kappa shape index (κ2) is 3.21. The predicted molar refractivity (Wildman–Crippen MR) is 58.6 cm³/mol. The molecule has 4 rings (SSSR count). The highest BCUT2D eigenvalue weighted by Crippen LogP contribution is 2.62. The molecule has 0 radical (unpaired) electrons. The third kappa shape index (κ3) is 1.62. The molecule has 2 atom stereocenters. The number of rotatable bonds is 3. The van der Waals surface area contributed by atoms with E-state index in [1.807, 2.05) is 0 Å². The van der Waals surface area contributed by atoms with E-state index in [4.69, 9.17) is 9.84 Å². The third-order valence-corrected chi connectivity index (χ3v) is 4.80. The smallest absolute Gasteiger partial charge is 0.0705 e. The van der Waals surface area contributed by atoms with Gasteiger partial charge in [-0.25, -0.2) is 0 Å². The first-order valence-electron chi connectivity index (χ1n) is 6.38. The Labute approximate surface area is 92.0 Å². The summed E-state index contributed by atoms with van der Waals surface area (Å²) in [5, 5.41) is 8.91. The van der Waals surface area contributed by atoms with E-state index in [2.05, 4.69) is 6.92 Å². The van der Waals surface area contributed by atoms with Crippen LogP contribution in [0.1, 0.15) is 45.4 Å². The van der Waals surface area contributed by atoms with Gasteiger partial charge in [0.25, 0.3) is 0 Å². The van der Waals surface area contributed by atoms with Crippen LogP contribution in [-0.2, 0) is 4.74 Å². The van der Waals surface area contributed by atoms with Gasteiger partial charge in [-0.3, -0.25) is 0 Å². The number of ether oxygens (including phenoxy) is 1. The fourth-order valence-electron chi connectivity index (χ4n) is 5.06. The zero-order valence-corrected chi connectivity index (χ0v) is 9.67. The minimum Gasteiger partial charge on any atom is -0.394 e. The van der Waals surface area contributed by atoms with E-state index in [-0.39, 0.29) is 12.2 Å². The number of hydrogen-bond acceptors (Lipinski definition) is 2. The molecular weight excluding hydrogens is 188 g/mol. The van der Waals surface area contributed by atoms with Crippen LogP contribution in [0.2, 0.25) is 0 Å². The van der Waals surface area contributed by atoms with Gasteiger partial charge in [-0.2, -0.15) is 0 Å². The first-order valence-corrected chi connectivity index (χ1v) is 6.38. The van der Waals surface area contributed by atoms with E-state index in [1.165, 1.54) is 38.5 Å². The fourth-order valence-corrected chi connectivity index (χ4v) is 5.06. The summed E-state index contributed by atoms with van der Waals surface area (Å²) in [7, 11) is 0. The number of aliphatic hydroxyl groups is 1. The highest BCUT2D eigenvalue weighted by Gasteiger charge is 2.56. The molecule has 1 N–H and O–H groups in total. The van der Waals surface area contributed by atoms with Gasteiger partial charge in [-0.1, -0.05) is 6.92 Å². The van der Waals surface area contributed by atoms with E-state index in [9.17, 15) is 0 Å². The lowest BCUT2D eigenvalue weighted by molar-refractivity contribution is -0.191.